The van der Waals surface area contributed by atoms with Crippen molar-refractivity contribution in [2.45, 2.75) is 126 Å². The normalized spacial score (nSPS) is 17.2. The molecule has 0 radical (unpaired) electrons. The van der Waals surface area contributed by atoms with Crippen molar-refractivity contribution in [3.63, 3.8) is 0 Å². The first kappa shape index (κ1) is 53.6. The summed E-state index contributed by atoms with van der Waals surface area (Å²) in [6.07, 6.45) is 5.93. The number of carbonyl (C=O) groups is 8. The lowest BCUT2D eigenvalue weighted by molar-refractivity contribution is -0.151. The highest BCUT2D eigenvalue weighted by Gasteiger charge is 2.43. The van der Waals surface area contributed by atoms with E-state index < -0.39 is 96.2 Å². The number of nitrogens with one attached hydrogen (secondary N) is 6. The summed E-state index contributed by atoms with van der Waals surface area (Å²) >= 11 is 1.48. The lowest BCUT2D eigenvalue weighted by atomic mass is 9.84. The minimum absolute atomic E-state index is 0.0135. The molecule has 0 spiro atoms. The molecule has 7 atom stereocenters. The molecule has 4 aromatic rings. The minimum Gasteiger partial charge on any atom is -0.394 e. The van der Waals surface area contributed by atoms with Crippen LogP contribution in [0.15, 0.2) is 91.0 Å². The highest BCUT2D eigenvalue weighted by molar-refractivity contribution is 7.19. The van der Waals surface area contributed by atoms with Gasteiger partial charge in [-0.1, -0.05) is 111 Å². The van der Waals surface area contributed by atoms with Crippen molar-refractivity contribution in [3.8, 4) is 0 Å². The Kier molecular flexibility index (Phi) is 20.0. The molecular formula is C52H67N9O9S. The Morgan fingerprint density at radius 1 is 0.648 bits per heavy atom. The number of hydrogen-bond acceptors (Lipinski definition) is 11. The smallest absolute Gasteiger partial charge is 0.245 e. The number of nitrogens with zero attached hydrogens (tertiary/aromatic N) is 1. The van der Waals surface area contributed by atoms with Crippen molar-refractivity contribution in [2.75, 3.05) is 19.7 Å². The molecule has 2 fully saturated rings. The number of likely N-dealkylation sites (tertiary alicyclic amines) is 1. The van der Waals surface area contributed by atoms with Gasteiger partial charge in [0.15, 0.2) is 0 Å². The summed E-state index contributed by atoms with van der Waals surface area (Å²) in [6, 6.07) is 19.6. The Hall–Kier alpha value is -6.70. The van der Waals surface area contributed by atoms with Crippen LogP contribution in [0.25, 0.3) is 10.1 Å². The Morgan fingerprint density at radius 3 is 1.76 bits per heavy atom. The van der Waals surface area contributed by atoms with Gasteiger partial charge in [0.05, 0.1) is 6.61 Å². The van der Waals surface area contributed by atoms with E-state index in [1.807, 2.05) is 60.7 Å². The van der Waals surface area contributed by atoms with Gasteiger partial charge in [-0.3, -0.25) is 38.4 Å². The number of fused-ring (bicyclic) bond motifs is 1. The van der Waals surface area contributed by atoms with Gasteiger partial charge < -0.3 is 53.4 Å². The molecular weight excluding hydrogens is 927 g/mol. The number of amides is 8. The number of aliphatic hydroxyl groups is 1. The van der Waals surface area contributed by atoms with Crippen LogP contribution in [0.2, 0.25) is 0 Å². The lowest BCUT2D eigenvalue weighted by Crippen LogP contribution is -2.65. The second-order valence-electron chi connectivity index (χ2n) is 18.5. The summed E-state index contributed by atoms with van der Waals surface area (Å²) in [7, 11) is 0. The number of thiophene rings is 1. The van der Waals surface area contributed by atoms with Gasteiger partial charge >= 0.3 is 0 Å². The molecule has 380 valence electrons. The fraction of sp³-hybridized carbons (Fsp3) is 0.462. The number of nitrogens with two attached hydrogens (primary N) is 2. The molecule has 2 aliphatic rings. The Bertz CT molecular complexity index is 2430. The molecule has 2 heterocycles. The van der Waals surface area contributed by atoms with Crippen LogP contribution in [0.1, 0.15) is 80.7 Å². The molecule has 11 N–H and O–H groups in total. The Balaban J connectivity index is 1.20. The van der Waals surface area contributed by atoms with Crippen molar-refractivity contribution >= 4 is 68.7 Å². The van der Waals surface area contributed by atoms with Crippen molar-refractivity contribution in [2.24, 2.45) is 17.4 Å². The number of carbonyl (C=O) groups excluding carboxylic acids is 8. The molecule has 0 unspecified atom stereocenters. The fourth-order valence-electron chi connectivity index (χ4n) is 9.17. The molecule has 0 bridgehead atoms. The van der Waals surface area contributed by atoms with Gasteiger partial charge in [0.2, 0.25) is 47.3 Å². The van der Waals surface area contributed by atoms with Gasteiger partial charge in [0, 0.05) is 42.3 Å². The van der Waals surface area contributed by atoms with E-state index in [0.717, 1.165) is 52.6 Å². The summed E-state index contributed by atoms with van der Waals surface area (Å²) in [4.78, 5) is 112. The van der Waals surface area contributed by atoms with Gasteiger partial charge in [0.1, 0.15) is 42.3 Å². The Labute approximate surface area is 417 Å². The van der Waals surface area contributed by atoms with Gasteiger partial charge in [0.25, 0.3) is 0 Å². The zero-order chi connectivity index (χ0) is 50.9. The second kappa shape index (κ2) is 26.5. The van der Waals surface area contributed by atoms with E-state index in [1.54, 1.807) is 30.3 Å². The summed E-state index contributed by atoms with van der Waals surface area (Å²) in [5.74, 6) is -5.06. The van der Waals surface area contributed by atoms with Crippen LogP contribution in [0.4, 0.5) is 0 Å². The molecule has 8 amide bonds. The quantitative estimate of drug-likeness (QED) is 0.0463. The van der Waals surface area contributed by atoms with Crippen LogP contribution in [0, 0.1) is 5.92 Å². The molecule has 1 saturated carbocycles. The van der Waals surface area contributed by atoms with Crippen LogP contribution in [-0.2, 0) is 57.6 Å². The van der Waals surface area contributed by atoms with E-state index in [9.17, 15) is 43.5 Å². The van der Waals surface area contributed by atoms with Crippen LogP contribution in [0.5, 0.6) is 0 Å². The predicted molar refractivity (Wildman–Crippen MR) is 269 cm³/mol. The monoisotopic (exact) mass is 993 g/mol. The van der Waals surface area contributed by atoms with Crippen molar-refractivity contribution in [1.29, 1.82) is 0 Å². The van der Waals surface area contributed by atoms with Crippen LogP contribution < -0.4 is 43.4 Å². The second-order valence-corrected chi connectivity index (χ2v) is 19.7. The average molecular weight is 994 g/mol. The maximum absolute atomic E-state index is 14.6. The molecule has 1 aromatic heterocycles. The van der Waals surface area contributed by atoms with Crippen LogP contribution in [-0.4, -0.2) is 119 Å². The third-order valence-corrected chi connectivity index (χ3v) is 14.2. The molecule has 6 rings (SSSR count). The number of primary amides is 1. The molecule has 1 saturated heterocycles. The topological polar surface area (TPSA) is 284 Å². The van der Waals surface area contributed by atoms with Gasteiger partial charge in [-0.05, 0) is 66.8 Å². The lowest BCUT2D eigenvalue weighted by Gasteiger charge is -2.42. The number of rotatable bonds is 25. The third-order valence-electron chi connectivity index (χ3n) is 13.1. The first-order valence-electron chi connectivity index (χ1n) is 24.5. The van der Waals surface area contributed by atoms with E-state index >= 15 is 0 Å². The first-order chi connectivity index (χ1) is 34.2. The molecule has 19 heteroatoms. The van der Waals surface area contributed by atoms with Gasteiger partial charge in [-0.15, -0.1) is 11.3 Å². The van der Waals surface area contributed by atoms with Crippen molar-refractivity contribution in [1.82, 2.24) is 36.8 Å². The van der Waals surface area contributed by atoms with E-state index in [0.29, 0.717) is 12.0 Å². The van der Waals surface area contributed by atoms with Crippen LogP contribution in [0.3, 0.4) is 0 Å². The molecule has 3 aromatic carbocycles. The van der Waals surface area contributed by atoms with E-state index in [4.69, 9.17) is 11.5 Å². The van der Waals surface area contributed by atoms with E-state index in [-0.39, 0.29) is 57.5 Å². The summed E-state index contributed by atoms with van der Waals surface area (Å²) in [5, 5.41) is 27.2. The SMILES string of the molecule is CC(=O)N[C@@H](CO)C(=O)N[C@@H](Cc1ccccc1)C(=O)N[C@@H](CCCN)C(=O)N1CC[C@H]1C(=O)N[C@H](CC1CCCCC1)C(=O)N[C@@H](Cc1cc2ccccc2s1)C(=O)N[C@@H](Cc1ccccc1)C(N)=O. The highest BCUT2D eigenvalue weighted by Crippen LogP contribution is 2.29. The molecule has 1 aliphatic carbocycles. The average Bonchev–Trinajstić information content (AvgIpc) is 3.76. The summed E-state index contributed by atoms with van der Waals surface area (Å²) in [6.45, 7) is 0.847. The van der Waals surface area contributed by atoms with E-state index in [1.165, 1.54) is 23.2 Å². The van der Waals surface area contributed by atoms with Crippen LogP contribution >= 0.6 is 11.3 Å². The maximum atomic E-state index is 14.6. The summed E-state index contributed by atoms with van der Waals surface area (Å²) < 4.78 is 0.993. The van der Waals surface area contributed by atoms with E-state index in [2.05, 4.69) is 31.9 Å². The molecule has 18 nitrogen and oxygen atoms in total. The summed E-state index contributed by atoms with van der Waals surface area (Å²) in [5.41, 5.74) is 13.1. The Morgan fingerprint density at radius 2 is 1.20 bits per heavy atom. The number of benzene rings is 3. The molecule has 71 heavy (non-hydrogen) atoms. The predicted octanol–water partition coefficient (Wildman–Crippen LogP) is 1.65. The highest BCUT2D eigenvalue weighted by atomic mass is 32.1. The van der Waals surface area contributed by atoms with Gasteiger partial charge in [-0.25, -0.2) is 0 Å². The zero-order valence-electron chi connectivity index (χ0n) is 40.1. The third kappa shape index (κ3) is 15.6. The largest absolute Gasteiger partial charge is 0.394 e. The fourth-order valence-corrected chi connectivity index (χ4v) is 10.3. The maximum Gasteiger partial charge on any atom is 0.245 e. The van der Waals surface area contributed by atoms with Crippen molar-refractivity contribution in [3.05, 3.63) is 107 Å². The standard InChI is InChI=1S/C52H67N9O9S/c1-32(63)55-43(31-62)50(68)58-40(27-34-16-7-3-8-17-34)47(65)56-38(21-13-24-53)52(70)61-25-23-44(61)51(69)60-41(28-35-18-9-4-10-19-35)48(66)59-42(30-37-29-36-20-11-12-22-45(36)71-37)49(67)57-39(46(54)64)26-33-14-5-2-6-15-33/h2-3,5-8,11-12,14-17,20,22,29,35,38-44,62H,4,9-10,13,18-19,21,23-28,30-31,53H2,1H3,(H2,54,64)(H,55,63)(H,56,65)(H,57,67)(H,58,68)(H,59,66)(H,60,69)/t38-,39-,40-,41+,42-,43-,44-/m0/s1. The minimum atomic E-state index is -1.33. The first-order valence-corrected chi connectivity index (χ1v) is 25.3. The number of hydrogen-bond donors (Lipinski definition) is 9. The zero-order valence-corrected chi connectivity index (χ0v) is 40.9. The molecule has 1 aliphatic heterocycles. The number of aliphatic hydroxyl groups excluding tert-OH is 1. The van der Waals surface area contributed by atoms with Crippen molar-refractivity contribution < 1.29 is 43.5 Å². The van der Waals surface area contributed by atoms with Gasteiger partial charge in [-0.2, -0.15) is 0 Å².